The molecule has 3 rings (SSSR count). The molecule has 3 atom stereocenters. The van der Waals surface area contributed by atoms with Crippen molar-refractivity contribution in [3.8, 4) is 5.75 Å². The predicted octanol–water partition coefficient (Wildman–Crippen LogP) is 3.48. The van der Waals surface area contributed by atoms with E-state index >= 15 is 0 Å². The zero-order chi connectivity index (χ0) is 17.8. The standard InChI is InChI=1S/C20H24ClNO3/c1-24-17-5-2-13(3-6-17)8-15-9-14(4-7-19(15)21)20-11-16(23)10-18(12-22)25-20/h2-7,9,16,18,20,23H,8,10-12,22H2,1H3. The second kappa shape index (κ2) is 8.19. The Bertz CT molecular complexity index is 705. The molecule has 4 nitrogen and oxygen atoms in total. The van der Waals surface area contributed by atoms with Crippen molar-refractivity contribution in [3.05, 3.63) is 64.2 Å². The summed E-state index contributed by atoms with van der Waals surface area (Å²) in [6.45, 7) is 0.417. The largest absolute Gasteiger partial charge is 0.497 e. The molecule has 0 aromatic heterocycles. The third kappa shape index (κ3) is 4.53. The number of aliphatic hydroxyl groups excluding tert-OH is 1. The summed E-state index contributed by atoms with van der Waals surface area (Å²) in [7, 11) is 1.66. The van der Waals surface area contributed by atoms with Crippen LogP contribution in [0.15, 0.2) is 42.5 Å². The smallest absolute Gasteiger partial charge is 0.118 e. The van der Waals surface area contributed by atoms with Gasteiger partial charge in [-0.25, -0.2) is 0 Å². The van der Waals surface area contributed by atoms with Crippen molar-refractivity contribution in [2.45, 2.75) is 37.6 Å². The SMILES string of the molecule is COc1ccc(Cc2cc(C3CC(O)CC(CN)O3)ccc2Cl)cc1. The lowest BCUT2D eigenvalue weighted by Gasteiger charge is -2.33. The van der Waals surface area contributed by atoms with E-state index in [1.807, 2.05) is 36.4 Å². The third-order valence-corrected chi connectivity index (χ3v) is 5.00. The molecule has 0 radical (unpaired) electrons. The van der Waals surface area contributed by atoms with Crippen molar-refractivity contribution in [2.75, 3.05) is 13.7 Å². The Morgan fingerprint density at radius 2 is 1.96 bits per heavy atom. The molecule has 0 aliphatic carbocycles. The maximum absolute atomic E-state index is 10.1. The van der Waals surface area contributed by atoms with Gasteiger partial charge >= 0.3 is 0 Å². The van der Waals surface area contributed by atoms with Crippen molar-refractivity contribution in [2.24, 2.45) is 5.73 Å². The average molecular weight is 362 g/mol. The topological polar surface area (TPSA) is 64.7 Å². The molecule has 2 aromatic rings. The molecule has 5 heteroatoms. The molecule has 1 aliphatic rings. The van der Waals surface area contributed by atoms with Crippen LogP contribution in [0.4, 0.5) is 0 Å². The number of methoxy groups -OCH3 is 1. The minimum Gasteiger partial charge on any atom is -0.497 e. The second-order valence-electron chi connectivity index (χ2n) is 6.48. The fourth-order valence-electron chi connectivity index (χ4n) is 3.25. The predicted molar refractivity (Wildman–Crippen MR) is 99.2 cm³/mol. The van der Waals surface area contributed by atoms with Crippen molar-refractivity contribution in [3.63, 3.8) is 0 Å². The van der Waals surface area contributed by atoms with Gasteiger partial charge in [-0.3, -0.25) is 0 Å². The number of halogens is 1. The molecule has 1 heterocycles. The van der Waals surface area contributed by atoms with Gasteiger partial charge in [-0.1, -0.05) is 35.9 Å². The Labute approximate surface area is 153 Å². The van der Waals surface area contributed by atoms with E-state index in [1.54, 1.807) is 7.11 Å². The second-order valence-corrected chi connectivity index (χ2v) is 6.89. The summed E-state index contributed by atoms with van der Waals surface area (Å²) < 4.78 is 11.2. The van der Waals surface area contributed by atoms with Crippen LogP contribution < -0.4 is 10.5 Å². The lowest BCUT2D eigenvalue weighted by molar-refractivity contribution is -0.0931. The summed E-state index contributed by atoms with van der Waals surface area (Å²) in [6, 6.07) is 13.9. The Balaban J connectivity index is 1.79. The summed E-state index contributed by atoms with van der Waals surface area (Å²) >= 11 is 6.39. The van der Waals surface area contributed by atoms with Gasteiger partial charge < -0.3 is 20.3 Å². The first-order valence-corrected chi connectivity index (χ1v) is 8.91. The first-order valence-electron chi connectivity index (χ1n) is 8.54. The zero-order valence-corrected chi connectivity index (χ0v) is 15.1. The highest BCUT2D eigenvalue weighted by atomic mass is 35.5. The molecule has 2 aromatic carbocycles. The molecule has 3 N–H and O–H groups in total. The molecular formula is C20H24ClNO3. The van der Waals surface area contributed by atoms with Crippen LogP contribution in [0.2, 0.25) is 5.02 Å². The average Bonchev–Trinajstić information content (AvgIpc) is 2.63. The first-order chi connectivity index (χ1) is 12.1. The number of hydrogen-bond donors (Lipinski definition) is 2. The van der Waals surface area contributed by atoms with Crippen molar-refractivity contribution < 1.29 is 14.6 Å². The highest BCUT2D eigenvalue weighted by Crippen LogP contribution is 2.33. The van der Waals surface area contributed by atoms with E-state index in [4.69, 9.17) is 26.8 Å². The van der Waals surface area contributed by atoms with Crippen LogP contribution in [-0.4, -0.2) is 31.0 Å². The summed E-state index contributed by atoms with van der Waals surface area (Å²) in [5.41, 5.74) is 8.95. The summed E-state index contributed by atoms with van der Waals surface area (Å²) in [6.07, 6.45) is 1.28. The van der Waals surface area contributed by atoms with Gasteiger partial charge in [0.1, 0.15) is 5.75 Å². The Morgan fingerprint density at radius 3 is 2.64 bits per heavy atom. The van der Waals surface area contributed by atoms with Gasteiger partial charge in [-0.05, 0) is 41.3 Å². The molecule has 0 amide bonds. The van der Waals surface area contributed by atoms with Crippen LogP contribution in [0.25, 0.3) is 0 Å². The van der Waals surface area contributed by atoms with Gasteiger partial charge in [0.25, 0.3) is 0 Å². The molecule has 1 aliphatic heterocycles. The summed E-state index contributed by atoms with van der Waals surface area (Å²) in [5.74, 6) is 0.834. The quantitative estimate of drug-likeness (QED) is 0.855. The molecule has 25 heavy (non-hydrogen) atoms. The van der Waals surface area contributed by atoms with Crippen LogP contribution in [-0.2, 0) is 11.2 Å². The zero-order valence-electron chi connectivity index (χ0n) is 14.3. The molecule has 0 bridgehead atoms. The maximum Gasteiger partial charge on any atom is 0.118 e. The third-order valence-electron chi connectivity index (χ3n) is 4.64. The summed E-state index contributed by atoms with van der Waals surface area (Å²) in [4.78, 5) is 0. The van der Waals surface area contributed by atoms with Crippen LogP contribution in [0.5, 0.6) is 5.75 Å². The van der Waals surface area contributed by atoms with Crippen LogP contribution in [0.1, 0.15) is 35.6 Å². The van der Waals surface area contributed by atoms with E-state index in [9.17, 15) is 5.11 Å². The van der Waals surface area contributed by atoms with E-state index in [0.29, 0.717) is 19.4 Å². The van der Waals surface area contributed by atoms with E-state index in [0.717, 1.165) is 33.9 Å². The highest BCUT2D eigenvalue weighted by Gasteiger charge is 2.28. The maximum atomic E-state index is 10.1. The molecule has 0 saturated carbocycles. The Morgan fingerprint density at radius 1 is 1.20 bits per heavy atom. The van der Waals surface area contributed by atoms with Gasteiger partial charge in [0.15, 0.2) is 0 Å². The van der Waals surface area contributed by atoms with Gasteiger partial charge in [-0.15, -0.1) is 0 Å². The molecular weight excluding hydrogens is 338 g/mol. The lowest BCUT2D eigenvalue weighted by Crippen LogP contribution is -2.36. The first kappa shape index (κ1) is 18.2. The van der Waals surface area contributed by atoms with Gasteiger partial charge in [0.2, 0.25) is 0 Å². The number of hydrogen-bond acceptors (Lipinski definition) is 4. The number of rotatable bonds is 5. The Hall–Kier alpha value is -1.59. The molecule has 1 saturated heterocycles. The monoisotopic (exact) mass is 361 g/mol. The van der Waals surface area contributed by atoms with Crippen molar-refractivity contribution in [1.29, 1.82) is 0 Å². The van der Waals surface area contributed by atoms with Crippen LogP contribution >= 0.6 is 11.6 Å². The number of benzene rings is 2. The fourth-order valence-corrected chi connectivity index (χ4v) is 3.43. The highest BCUT2D eigenvalue weighted by molar-refractivity contribution is 6.31. The lowest BCUT2D eigenvalue weighted by atomic mass is 9.94. The van der Waals surface area contributed by atoms with Crippen LogP contribution in [0, 0.1) is 0 Å². The Kier molecular flexibility index (Phi) is 5.97. The van der Waals surface area contributed by atoms with Gasteiger partial charge in [-0.2, -0.15) is 0 Å². The van der Waals surface area contributed by atoms with Gasteiger partial charge in [0.05, 0.1) is 25.4 Å². The normalized spacial score (nSPS) is 23.4. The van der Waals surface area contributed by atoms with Crippen molar-refractivity contribution in [1.82, 2.24) is 0 Å². The van der Waals surface area contributed by atoms with Crippen molar-refractivity contribution >= 4 is 11.6 Å². The van der Waals surface area contributed by atoms with E-state index in [1.165, 1.54) is 0 Å². The number of nitrogens with two attached hydrogens (primary N) is 1. The van der Waals surface area contributed by atoms with E-state index in [-0.39, 0.29) is 18.3 Å². The molecule has 1 fully saturated rings. The minimum atomic E-state index is -0.381. The van der Waals surface area contributed by atoms with E-state index < -0.39 is 0 Å². The molecule has 134 valence electrons. The molecule has 3 unspecified atom stereocenters. The minimum absolute atomic E-state index is 0.102. The van der Waals surface area contributed by atoms with Crippen LogP contribution in [0.3, 0.4) is 0 Å². The fraction of sp³-hybridized carbons (Fsp3) is 0.400. The number of ether oxygens (including phenoxy) is 2. The number of aliphatic hydroxyl groups is 1. The van der Waals surface area contributed by atoms with E-state index in [2.05, 4.69) is 6.07 Å². The molecule has 0 spiro atoms. The summed E-state index contributed by atoms with van der Waals surface area (Å²) in [5, 5.41) is 10.8. The van der Waals surface area contributed by atoms with Gasteiger partial charge in [0, 0.05) is 24.4 Å².